The van der Waals surface area contributed by atoms with E-state index < -0.39 is 0 Å². The van der Waals surface area contributed by atoms with Gasteiger partial charge in [-0.15, -0.1) is 5.10 Å². The van der Waals surface area contributed by atoms with Gasteiger partial charge in [0.2, 0.25) is 11.6 Å². The van der Waals surface area contributed by atoms with E-state index in [0.29, 0.717) is 16.4 Å². The van der Waals surface area contributed by atoms with E-state index in [2.05, 4.69) is 15.2 Å². The first-order valence-corrected chi connectivity index (χ1v) is 10.7. The lowest BCUT2D eigenvalue weighted by molar-refractivity contribution is -0.127. The Morgan fingerprint density at radius 1 is 1.06 bits per heavy atom. The van der Waals surface area contributed by atoms with E-state index in [1.165, 1.54) is 14.1 Å². The summed E-state index contributed by atoms with van der Waals surface area (Å²) in [6, 6.07) is 11.1. The van der Waals surface area contributed by atoms with Gasteiger partial charge in [0.1, 0.15) is 0 Å². The van der Waals surface area contributed by atoms with Crippen molar-refractivity contribution in [2.75, 3.05) is 32.6 Å². The summed E-state index contributed by atoms with van der Waals surface area (Å²) < 4.78 is 2.61. The Bertz CT molecular complexity index is 1360. The highest BCUT2D eigenvalue weighted by Crippen LogP contribution is 2.33. The van der Waals surface area contributed by atoms with Crippen LogP contribution < -0.4 is 10.6 Å². The maximum atomic E-state index is 13.1. The Morgan fingerprint density at radius 2 is 1.79 bits per heavy atom. The minimum Gasteiger partial charge on any atom is -0.362 e. The Labute approximate surface area is 195 Å². The van der Waals surface area contributed by atoms with E-state index in [-0.39, 0.29) is 24.7 Å². The third-order valence-electron chi connectivity index (χ3n) is 5.30. The van der Waals surface area contributed by atoms with Crippen LogP contribution in [0.15, 0.2) is 53.6 Å². The van der Waals surface area contributed by atoms with Crippen molar-refractivity contribution in [2.24, 2.45) is 0 Å². The van der Waals surface area contributed by atoms with Crippen LogP contribution in [0, 0.1) is 6.92 Å². The molecule has 0 saturated heterocycles. The van der Waals surface area contributed by atoms with Crippen molar-refractivity contribution in [1.29, 1.82) is 0 Å². The molecule has 33 heavy (non-hydrogen) atoms. The predicted octanol–water partition coefficient (Wildman–Crippen LogP) is 2.49. The summed E-state index contributed by atoms with van der Waals surface area (Å²) in [5, 5.41) is 9.56. The molecule has 3 heterocycles. The first-order chi connectivity index (χ1) is 15.7. The average molecular weight is 466 g/mol. The van der Waals surface area contributed by atoms with E-state index in [4.69, 9.17) is 11.6 Å². The number of pyridine rings is 1. The summed E-state index contributed by atoms with van der Waals surface area (Å²) in [5.74, 6) is -0.0815. The number of hydrogen-bond donors (Lipinski definition) is 0. The number of aromatic nitrogens is 5. The highest BCUT2D eigenvalue weighted by atomic mass is 35.5. The number of nitrogens with zero attached hydrogens (tertiary/aromatic N) is 7. The van der Waals surface area contributed by atoms with Gasteiger partial charge in [-0.2, -0.15) is 9.61 Å². The predicted molar refractivity (Wildman–Crippen MR) is 128 cm³/mol. The number of carbonyl (C=O) groups is 1. The van der Waals surface area contributed by atoms with Crippen LogP contribution >= 0.6 is 11.6 Å². The first kappa shape index (κ1) is 22.5. The second-order valence-electron chi connectivity index (χ2n) is 8.04. The number of aryl methyl sites for hydroxylation is 1. The molecule has 0 N–H and O–H groups in total. The lowest BCUT2D eigenvalue weighted by atomic mass is 10.1. The molecule has 10 heteroatoms. The molecule has 9 nitrogen and oxygen atoms in total. The van der Waals surface area contributed by atoms with Gasteiger partial charge in [0, 0.05) is 43.6 Å². The van der Waals surface area contributed by atoms with Gasteiger partial charge >= 0.3 is 5.69 Å². The maximum absolute atomic E-state index is 13.1. The Hall–Kier alpha value is -3.72. The molecule has 1 aromatic carbocycles. The molecule has 170 valence electrons. The smallest absolute Gasteiger partial charge is 0.362 e. The van der Waals surface area contributed by atoms with Crippen LogP contribution in [0.25, 0.3) is 16.8 Å². The number of hydrogen-bond acceptors (Lipinski definition) is 6. The van der Waals surface area contributed by atoms with Crippen LogP contribution in [0.4, 0.5) is 5.69 Å². The number of benzene rings is 1. The number of halogens is 1. The summed E-state index contributed by atoms with van der Waals surface area (Å²) in [6.45, 7) is 2.27. The second kappa shape index (κ2) is 9.03. The van der Waals surface area contributed by atoms with Crippen LogP contribution in [0.5, 0.6) is 0 Å². The van der Waals surface area contributed by atoms with Crippen molar-refractivity contribution in [3.63, 3.8) is 0 Å². The third kappa shape index (κ3) is 4.58. The van der Waals surface area contributed by atoms with Crippen LogP contribution in [0.3, 0.4) is 0 Å². The molecule has 0 atom stereocenters. The molecule has 0 aliphatic heterocycles. The van der Waals surface area contributed by atoms with Crippen molar-refractivity contribution in [3.8, 4) is 11.1 Å². The van der Waals surface area contributed by atoms with Gasteiger partial charge in [0.15, 0.2) is 0 Å². The normalized spacial score (nSPS) is 11.1. The first-order valence-electron chi connectivity index (χ1n) is 10.3. The summed E-state index contributed by atoms with van der Waals surface area (Å²) in [4.78, 5) is 33.1. The maximum Gasteiger partial charge on any atom is 0.367 e. The molecular weight excluding hydrogens is 442 g/mol. The molecule has 0 bridgehead atoms. The minimum absolute atomic E-state index is 0.0815. The molecule has 4 aromatic rings. The molecule has 0 fully saturated rings. The monoisotopic (exact) mass is 465 g/mol. The van der Waals surface area contributed by atoms with E-state index in [0.717, 1.165) is 22.4 Å². The molecular formula is C23H24ClN7O2. The zero-order valence-electron chi connectivity index (χ0n) is 18.9. The molecule has 0 spiro atoms. The summed E-state index contributed by atoms with van der Waals surface area (Å²) >= 11 is 6.07. The average Bonchev–Trinajstić information content (AvgIpc) is 3.10. The molecule has 0 saturated carbocycles. The quantitative estimate of drug-likeness (QED) is 0.434. The van der Waals surface area contributed by atoms with Crippen molar-refractivity contribution < 1.29 is 4.79 Å². The Morgan fingerprint density at radius 3 is 2.42 bits per heavy atom. The van der Waals surface area contributed by atoms with Crippen molar-refractivity contribution in [2.45, 2.75) is 13.5 Å². The highest BCUT2D eigenvalue weighted by molar-refractivity contribution is 6.30. The highest BCUT2D eigenvalue weighted by Gasteiger charge is 2.22. The zero-order valence-corrected chi connectivity index (χ0v) is 19.6. The molecule has 1 amide bonds. The number of amides is 1. The molecule has 3 aromatic heterocycles. The number of rotatable bonds is 6. The van der Waals surface area contributed by atoms with Crippen LogP contribution in [0.2, 0.25) is 5.02 Å². The summed E-state index contributed by atoms with van der Waals surface area (Å²) in [7, 11) is 5.20. The lowest BCUT2D eigenvalue weighted by Gasteiger charge is -2.23. The molecule has 0 aliphatic carbocycles. The lowest BCUT2D eigenvalue weighted by Crippen LogP contribution is -2.35. The standard InChI is InChI=1S/C23H24ClN7O2/c1-15-5-6-16(11-25-15)13-30-23(33)31-22(27-30)21(29(4)14-20(32)28(2)3)19(12-26-31)17-7-9-18(24)10-8-17/h5-12H,13-14H2,1-4H3. The SMILES string of the molecule is Cc1ccc(Cn2nc3c(N(C)CC(=O)N(C)C)c(-c4ccc(Cl)cc4)cnn3c2=O)cn1. The van der Waals surface area contributed by atoms with Gasteiger partial charge in [0.05, 0.1) is 25.0 Å². The molecule has 4 rings (SSSR count). The van der Waals surface area contributed by atoms with Crippen LogP contribution in [-0.4, -0.2) is 62.9 Å². The second-order valence-corrected chi connectivity index (χ2v) is 8.48. The Kier molecular flexibility index (Phi) is 6.15. The zero-order chi connectivity index (χ0) is 23.7. The van der Waals surface area contributed by atoms with Crippen molar-refractivity contribution in [1.82, 2.24) is 29.3 Å². The Balaban J connectivity index is 1.87. The van der Waals surface area contributed by atoms with Crippen molar-refractivity contribution in [3.05, 3.63) is 75.6 Å². The van der Waals surface area contributed by atoms with E-state index >= 15 is 0 Å². The number of anilines is 1. The third-order valence-corrected chi connectivity index (χ3v) is 5.55. The van der Waals surface area contributed by atoms with E-state index in [1.54, 1.807) is 50.6 Å². The van der Waals surface area contributed by atoms with Gasteiger partial charge < -0.3 is 9.80 Å². The van der Waals surface area contributed by atoms with Gasteiger partial charge in [-0.25, -0.2) is 9.48 Å². The van der Waals surface area contributed by atoms with E-state index in [1.807, 2.05) is 31.2 Å². The summed E-state index contributed by atoms with van der Waals surface area (Å²) in [5.41, 5.74) is 3.94. The van der Waals surface area contributed by atoms with Crippen LogP contribution in [-0.2, 0) is 11.3 Å². The number of fused-ring (bicyclic) bond motifs is 1. The minimum atomic E-state index is -0.373. The fraction of sp³-hybridized carbons (Fsp3) is 0.261. The van der Waals surface area contributed by atoms with Gasteiger partial charge in [-0.1, -0.05) is 29.8 Å². The van der Waals surface area contributed by atoms with E-state index in [9.17, 15) is 9.59 Å². The van der Waals surface area contributed by atoms with Gasteiger partial charge in [-0.3, -0.25) is 9.78 Å². The fourth-order valence-corrected chi connectivity index (χ4v) is 3.58. The number of likely N-dealkylation sites (N-methyl/N-ethyl adjacent to an activating group) is 2. The van der Waals surface area contributed by atoms with Crippen molar-refractivity contribution >= 4 is 28.8 Å². The van der Waals surface area contributed by atoms with Gasteiger partial charge in [0.25, 0.3) is 0 Å². The number of carbonyl (C=O) groups excluding carboxylic acids is 1. The molecule has 0 radical (unpaired) electrons. The summed E-state index contributed by atoms with van der Waals surface area (Å²) in [6.07, 6.45) is 3.34. The molecule has 0 unspecified atom stereocenters. The topological polar surface area (TPSA) is 88.6 Å². The largest absolute Gasteiger partial charge is 0.367 e. The van der Waals surface area contributed by atoms with Gasteiger partial charge in [-0.05, 0) is 36.2 Å². The molecule has 0 aliphatic rings. The van der Waals surface area contributed by atoms with Crippen LogP contribution in [0.1, 0.15) is 11.3 Å². The fourth-order valence-electron chi connectivity index (χ4n) is 3.46.